The summed E-state index contributed by atoms with van der Waals surface area (Å²) in [6.07, 6.45) is -1.08. The van der Waals surface area contributed by atoms with Crippen LogP contribution in [0.25, 0.3) is 0 Å². The minimum atomic E-state index is -1.08. The molecule has 0 bridgehead atoms. The van der Waals surface area contributed by atoms with Crippen LogP contribution in [0, 0.1) is 0 Å². The molecule has 34 heavy (non-hydrogen) atoms. The summed E-state index contributed by atoms with van der Waals surface area (Å²) >= 11 is 0. The summed E-state index contributed by atoms with van der Waals surface area (Å²) < 4.78 is 0. The number of carbonyl (C=O) groups excluding carboxylic acids is 2. The number of aliphatic hydroxyl groups excluding tert-OH is 1. The van der Waals surface area contributed by atoms with Crippen molar-refractivity contribution in [1.82, 2.24) is 0 Å². The first kappa shape index (κ1) is 25.9. The van der Waals surface area contributed by atoms with Gasteiger partial charge in [0.2, 0.25) is 0 Å². The minimum Gasteiger partial charge on any atom is -0.481 e. The van der Waals surface area contributed by atoms with Crippen molar-refractivity contribution in [3.63, 3.8) is 0 Å². The van der Waals surface area contributed by atoms with Crippen molar-refractivity contribution in [2.75, 3.05) is 0 Å². The van der Waals surface area contributed by atoms with Crippen molar-refractivity contribution in [1.29, 1.82) is 0 Å². The van der Waals surface area contributed by atoms with E-state index >= 15 is 0 Å². The van der Waals surface area contributed by atoms with Gasteiger partial charge < -0.3 is 10.2 Å². The van der Waals surface area contributed by atoms with Crippen LogP contribution in [0.1, 0.15) is 44.9 Å². The number of carboxylic acid groups (broad SMARTS) is 1. The van der Waals surface area contributed by atoms with Crippen LogP contribution in [0.15, 0.2) is 121 Å². The van der Waals surface area contributed by atoms with E-state index in [2.05, 4.69) is 0 Å². The summed E-state index contributed by atoms with van der Waals surface area (Å²) in [5, 5.41) is 17.3. The number of aliphatic carboxylic acids is 1. The molecule has 0 heterocycles. The molecule has 0 aliphatic rings. The van der Waals surface area contributed by atoms with Crippen molar-refractivity contribution in [2.45, 2.75) is 13.0 Å². The third-order valence-corrected chi connectivity index (χ3v) is 4.49. The van der Waals surface area contributed by atoms with Crippen molar-refractivity contribution < 1.29 is 24.6 Å². The van der Waals surface area contributed by atoms with E-state index in [-0.39, 0.29) is 11.6 Å². The number of aliphatic hydroxyl groups is 1. The molecule has 0 radical (unpaired) electrons. The molecule has 0 amide bonds. The molecule has 0 spiro atoms. The quantitative estimate of drug-likeness (QED) is 0.382. The molecule has 172 valence electrons. The molecule has 0 fully saturated rings. The van der Waals surface area contributed by atoms with E-state index in [0.29, 0.717) is 11.1 Å². The number of benzene rings is 4. The van der Waals surface area contributed by atoms with Gasteiger partial charge in [-0.1, -0.05) is 121 Å². The molecular weight excluding hydrogens is 428 g/mol. The molecule has 0 saturated carbocycles. The zero-order valence-electron chi connectivity index (χ0n) is 18.7. The first-order valence-electron chi connectivity index (χ1n) is 10.6. The highest BCUT2D eigenvalue weighted by molar-refractivity contribution is 6.08. The Kier molecular flexibility index (Phi) is 10.6. The zero-order chi connectivity index (χ0) is 24.8. The van der Waals surface area contributed by atoms with E-state index in [0.717, 1.165) is 18.1 Å². The second kappa shape index (κ2) is 13.9. The first-order valence-corrected chi connectivity index (χ1v) is 10.6. The van der Waals surface area contributed by atoms with Gasteiger partial charge in [0.1, 0.15) is 6.10 Å². The fourth-order valence-electron chi connectivity index (χ4n) is 2.89. The van der Waals surface area contributed by atoms with Gasteiger partial charge in [-0.25, -0.2) is 0 Å². The number of Topliss-reactive ketones (excluding diaryl/α,β-unsaturated/α-hetero) is 1. The van der Waals surface area contributed by atoms with E-state index in [1.54, 1.807) is 48.5 Å². The van der Waals surface area contributed by atoms with Crippen molar-refractivity contribution >= 4 is 17.5 Å². The second-order valence-corrected chi connectivity index (χ2v) is 7.12. The molecule has 4 rings (SSSR count). The Labute approximate surface area is 199 Å². The molecule has 5 heteroatoms. The molecule has 5 nitrogen and oxygen atoms in total. The second-order valence-electron chi connectivity index (χ2n) is 7.12. The Hall–Kier alpha value is -4.35. The Balaban J connectivity index is 0.000000209. The maximum Gasteiger partial charge on any atom is 0.300 e. The number of carboxylic acids is 1. The van der Waals surface area contributed by atoms with E-state index in [9.17, 15) is 14.7 Å². The van der Waals surface area contributed by atoms with Gasteiger partial charge in [-0.05, 0) is 5.56 Å². The third kappa shape index (κ3) is 8.65. The zero-order valence-corrected chi connectivity index (χ0v) is 18.7. The van der Waals surface area contributed by atoms with Gasteiger partial charge >= 0.3 is 0 Å². The molecule has 0 aromatic heterocycles. The maximum absolute atomic E-state index is 11.9. The summed E-state index contributed by atoms with van der Waals surface area (Å²) in [5.74, 6) is -1.03. The van der Waals surface area contributed by atoms with Gasteiger partial charge in [-0.2, -0.15) is 0 Å². The number of hydrogen-bond acceptors (Lipinski definition) is 4. The summed E-state index contributed by atoms with van der Waals surface area (Å²) in [5.41, 5.74) is 2.62. The molecule has 0 aliphatic heterocycles. The average Bonchev–Trinajstić information content (AvgIpc) is 2.89. The van der Waals surface area contributed by atoms with E-state index in [4.69, 9.17) is 9.90 Å². The molecule has 0 aliphatic carbocycles. The van der Waals surface area contributed by atoms with Gasteiger partial charge in [0.15, 0.2) is 11.6 Å². The summed E-state index contributed by atoms with van der Waals surface area (Å²) in [6, 6.07) is 36.4. The van der Waals surface area contributed by atoms with Crippen molar-refractivity contribution in [3.8, 4) is 0 Å². The lowest BCUT2D eigenvalue weighted by atomic mass is 10.0. The smallest absolute Gasteiger partial charge is 0.300 e. The lowest BCUT2D eigenvalue weighted by Crippen LogP contribution is -2.11. The number of carbonyl (C=O) groups is 3. The molecule has 1 unspecified atom stereocenters. The fourth-order valence-corrected chi connectivity index (χ4v) is 2.89. The predicted molar refractivity (Wildman–Crippen MR) is 132 cm³/mol. The molecule has 2 N–H and O–H groups in total. The van der Waals surface area contributed by atoms with Gasteiger partial charge in [0, 0.05) is 23.6 Å². The standard InChI is InChI=1S/C14H12O2.C13H10O.C2H4O2/c15-13(11-7-3-1-4-8-11)14(16)12-9-5-2-6-10-12;14-13(11-7-3-1-4-8-11)12-9-5-2-6-10-12;1-2(3)4/h1-10,13,15H;1-10H;1H3,(H,3,4). The van der Waals surface area contributed by atoms with Gasteiger partial charge in [-0.3, -0.25) is 14.4 Å². The number of ketones is 2. The minimum absolute atomic E-state index is 0.0752. The summed E-state index contributed by atoms with van der Waals surface area (Å²) in [6.45, 7) is 1.08. The van der Waals surface area contributed by atoms with Crippen LogP contribution in [0.3, 0.4) is 0 Å². The van der Waals surface area contributed by atoms with E-state index in [1.807, 2.05) is 72.8 Å². The molecular formula is C29H26O5. The molecule has 0 saturated heterocycles. The van der Waals surface area contributed by atoms with Crippen LogP contribution < -0.4 is 0 Å². The number of rotatable bonds is 5. The molecule has 4 aromatic carbocycles. The Morgan fingerprint density at radius 1 is 0.559 bits per heavy atom. The molecule has 1 atom stereocenters. The number of hydrogen-bond donors (Lipinski definition) is 2. The van der Waals surface area contributed by atoms with Gasteiger partial charge in [0.25, 0.3) is 5.97 Å². The normalized spacial score (nSPS) is 10.4. The summed E-state index contributed by atoms with van der Waals surface area (Å²) in [4.78, 5) is 32.7. The lowest BCUT2D eigenvalue weighted by Gasteiger charge is -2.09. The van der Waals surface area contributed by atoms with Crippen LogP contribution in [0.2, 0.25) is 0 Å². The van der Waals surface area contributed by atoms with Crippen LogP contribution in [-0.2, 0) is 4.79 Å². The highest BCUT2D eigenvalue weighted by atomic mass is 16.4. The van der Waals surface area contributed by atoms with Crippen LogP contribution >= 0.6 is 0 Å². The van der Waals surface area contributed by atoms with Gasteiger partial charge in [0.05, 0.1) is 0 Å². The van der Waals surface area contributed by atoms with Crippen LogP contribution in [-0.4, -0.2) is 27.7 Å². The Morgan fingerprint density at radius 2 is 0.853 bits per heavy atom. The van der Waals surface area contributed by atoms with Crippen LogP contribution in [0.4, 0.5) is 0 Å². The molecule has 4 aromatic rings. The largest absolute Gasteiger partial charge is 0.481 e. The average molecular weight is 455 g/mol. The monoisotopic (exact) mass is 454 g/mol. The van der Waals surface area contributed by atoms with Crippen molar-refractivity contribution in [3.05, 3.63) is 144 Å². The fraction of sp³-hybridized carbons (Fsp3) is 0.0690. The topological polar surface area (TPSA) is 91.7 Å². The highest BCUT2D eigenvalue weighted by Gasteiger charge is 2.18. The third-order valence-electron chi connectivity index (χ3n) is 4.49. The predicted octanol–water partition coefficient (Wildman–Crippen LogP) is 5.61. The van der Waals surface area contributed by atoms with E-state index < -0.39 is 12.1 Å². The highest BCUT2D eigenvalue weighted by Crippen LogP contribution is 2.17. The Bertz CT molecular complexity index is 1110. The SMILES string of the molecule is CC(=O)O.O=C(c1ccccc1)C(O)c1ccccc1.O=C(c1ccccc1)c1ccccc1. The maximum atomic E-state index is 11.9. The summed E-state index contributed by atoms with van der Waals surface area (Å²) in [7, 11) is 0. The van der Waals surface area contributed by atoms with E-state index in [1.165, 1.54) is 0 Å². The van der Waals surface area contributed by atoms with Crippen molar-refractivity contribution in [2.24, 2.45) is 0 Å². The van der Waals surface area contributed by atoms with Crippen LogP contribution in [0.5, 0.6) is 0 Å². The lowest BCUT2D eigenvalue weighted by molar-refractivity contribution is -0.134. The van der Waals surface area contributed by atoms with Gasteiger partial charge in [-0.15, -0.1) is 0 Å². The first-order chi connectivity index (χ1) is 16.4. The Morgan fingerprint density at radius 3 is 1.21 bits per heavy atom.